The molecule has 2 amide bonds. The van der Waals surface area contributed by atoms with Gasteiger partial charge in [0.1, 0.15) is 0 Å². The van der Waals surface area contributed by atoms with Crippen molar-refractivity contribution in [2.45, 2.75) is 46.5 Å². The minimum atomic E-state index is 0.0466. The first kappa shape index (κ1) is 16.0. The van der Waals surface area contributed by atoms with Crippen LogP contribution in [0.1, 0.15) is 46.5 Å². The molecule has 0 saturated carbocycles. The van der Waals surface area contributed by atoms with Gasteiger partial charge in [0.15, 0.2) is 0 Å². The van der Waals surface area contributed by atoms with Crippen LogP contribution in [0.4, 0.5) is 4.79 Å². The van der Waals surface area contributed by atoms with Crippen molar-refractivity contribution < 1.29 is 4.79 Å². The predicted molar refractivity (Wildman–Crippen MR) is 75.6 cm³/mol. The SMILES string of the molecule is CCCCNC(=O)N(SCCC)SCCC. The quantitative estimate of drug-likeness (QED) is 0.506. The van der Waals surface area contributed by atoms with Gasteiger partial charge >= 0.3 is 6.03 Å². The number of nitrogens with one attached hydrogen (secondary N) is 1. The number of carbonyl (C=O) groups is 1. The van der Waals surface area contributed by atoms with Gasteiger partial charge in [-0.25, -0.2) is 8.51 Å². The Balaban J connectivity index is 3.88. The summed E-state index contributed by atoms with van der Waals surface area (Å²) >= 11 is 3.22. The van der Waals surface area contributed by atoms with Crippen LogP contribution in [-0.4, -0.2) is 27.8 Å². The summed E-state index contributed by atoms with van der Waals surface area (Å²) in [6.07, 6.45) is 4.35. The van der Waals surface area contributed by atoms with Crippen LogP contribution in [0.3, 0.4) is 0 Å². The van der Waals surface area contributed by atoms with E-state index in [-0.39, 0.29) is 6.03 Å². The zero-order valence-corrected chi connectivity index (χ0v) is 12.3. The molecule has 0 spiro atoms. The molecule has 0 aliphatic heterocycles. The molecule has 0 aromatic rings. The monoisotopic (exact) mass is 264 g/mol. The standard InChI is InChI=1S/C11H24N2OS2/c1-4-7-8-12-11(14)13(15-9-5-2)16-10-6-3/h4-10H2,1-3H3,(H,12,14). The third-order valence-corrected chi connectivity index (χ3v) is 4.41. The van der Waals surface area contributed by atoms with Crippen molar-refractivity contribution in [1.29, 1.82) is 0 Å². The predicted octanol–water partition coefficient (Wildman–Crippen LogP) is 3.91. The van der Waals surface area contributed by atoms with Crippen molar-refractivity contribution in [2.75, 3.05) is 18.1 Å². The maximum atomic E-state index is 11.8. The van der Waals surface area contributed by atoms with Crippen LogP contribution in [0.5, 0.6) is 0 Å². The maximum absolute atomic E-state index is 11.8. The number of carbonyl (C=O) groups excluding carboxylic acids is 1. The van der Waals surface area contributed by atoms with Crippen molar-refractivity contribution in [3.63, 3.8) is 0 Å². The molecular formula is C11H24N2OS2. The minimum Gasteiger partial charge on any atom is -0.337 e. The van der Waals surface area contributed by atoms with E-state index in [9.17, 15) is 4.79 Å². The van der Waals surface area contributed by atoms with Crippen LogP contribution in [0.15, 0.2) is 0 Å². The Morgan fingerprint density at radius 1 is 1.06 bits per heavy atom. The Morgan fingerprint density at radius 2 is 1.62 bits per heavy atom. The van der Waals surface area contributed by atoms with Gasteiger partial charge in [-0.2, -0.15) is 0 Å². The molecule has 0 fully saturated rings. The van der Waals surface area contributed by atoms with Crippen molar-refractivity contribution in [3.05, 3.63) is 0 Å². The first-order valence-corrected chi connectivity index (χ1v) is 7.98. The molecule has 3 nitrogen and oxygen atoms in total. The number of hydrogen-bond acceptors (Lipinski definition) is 3. The summed E-state index contributed by atoms with van der Waals surface area (Å²) in [4.78, 5) is 11.8. The highest BCUT2D eigenvalue weighted by molar-refractivity contribution is 8.12. The van der Waals surface area contributed by atoms with E-state index in [1.807, 2.05) is 0 Å². The van der Waals surface area contributed by atoms with Gasteiger partial charge in [-0.3, -0.25) is 0 Å². The normalized spacial score (nSPS) is 10.2. The van der Waals surface area contributed by atoms with E-state index < -0.39 is 0 Å². The molecule has 0 rings (SSSR count). The molecule has 0 radical (unpaired) electrons. The lowest BCUT2D eigenvalue weighted by Gasteiger charge is -2.19. The molecule has 0 aromatic carbocycles. The molecule has 0 atom stereocenters. The molecule has 1 N–H and O–H groups in total. The summed E-state index contributed by atoms with van der Waals surface area (Å²) in [6, 6.07) is 0.0466. The van der Waals surface area contributed by atoms with Gasteiger partial charge in [-0.15, -0.1) is 0 Å². The van der Waals surface area contributed by atoms with Crippen LogP contribution in [0.25, 0.3) is 0 Å². The molecule has 0 saturated heterocycles. The second-order valence-corrected chi connectivity index (χ2v) is 5.80. The Labute approximate surface area is 108 Å². The lowest BCUT2D eigenvalue weighted by Crippen LogP contribution is -2.32. The molecule has 0 bridgehead atoms. The van der Waals surface area contributed by atoms with Gasteiger partial charge in [0.05, 0.1) is 0 Å². The van der Waals surface area contributed by atoms with E-state index in [2.05, 4.69) is 26.1 Å². The zero-order chi connectivity index (χ0) is 12.2. The number of unbranched alkanes of at least 4 members (excludes halogenated alkanes) is 1. The number of urea groups is 1. The third kappa shape index (κ3) is 8.16. The van der Waals surface area contributed by atoms with Gasteiger partial charge in [0.2, 0.25) is 0 Å². The fraction of sp³-hybridized carbons (Fsp3) is 0.909. The Bertz CT molecular complexity index is 171. The van der Waals surface area contributed by atoms with Crippen LogP contribution in [0, 0.1) is 0 Å². The summed E-state index contributed by atoms with van der Waals surface area (Å²) in [5, 5.41) is 2.95. The van der Waals surface area contributed by atoms with Gasteiger partial charge in [0.25, 0.3) is 0 Å². The third-order valence-electron chi connectivity index (χ3n) is 1.80. The molecule has 0 aliphatic carbocycles. The average molecular weight is 264 g/mol. The number of amides is 2. The highest BCUT2D eigenvalue weighted by Crippen LogP contribution is 2.22. The van der Waals surface area contributed by atoms with Crippen molar-refractivity contribution in [3.8, 4) is 0 Å². The Hall–Kier alpha value is -0.0300. The van der Waals surface area contributed by atoms with Gasteiger partial charge in [0, 0.05) is 18.1 Å². The van der Waals surface area contributed by atoms with E-state index in [0.29, 0.717) is 0 Å². The summed E-state index contributed by atoms with van der Waals surface area (Å²) in [7, 11) is 0. The first-order valence-electron chi connectivity index (χ1n) is 6.10. The molecular weight excluding hydrogens is 240 g/mol. The van der Waals surface area contributed by atoms with Crippen LogP contribution in [0.2, 0.25) is 0 Å². The van der Waals surface area contributed by atoms with Crippen LogP contribution < -0.4 is 5.32 Å². The lowest BCUT2D eigenvalue weighted by atomic mass is 10.3. The van der Waals surface area contributed by atoms with E-state index in [0.717, 1.165) is 43.7 Å². The Morgan fingerprint density at radius 3 is 2.06 bits per heavy atom. The van der Waals surface area contributed by atoms with Crippen molar-refractivity contribution >= 4 is 29.9 Å². The molecule has 0 unspecified atom stereocenters. The fourth-order valence-corrected chi connectivity index (χ4v) is 2.75. The Kier molecular flexibility index (Phi) is 11.4. The molecule has 0 aromatic heterocycles. The smallest absolute Gasteiger partial charge is 0.337 e. The number of rotatable bonds is 9. The molecule has 16 heavy (non-hydrogen) atoms. The summed E-state index contributed by atoms with van der Waals surface area (Å²) in [5.41, 5.74) is 0. The molecule has 96 valence electrons. The lowest BCUT2D eigenvalue weighted by molar-refractivity contribution is 0.238. The van der Waals surface area contributed by atoms with Gasteiger partial charge < -0.3 is 5.32 Å². The summed E-state index contributed by atoms with van der Waals surface area (Å²) in [6.45, 7) is 7.17. The highest BCUT2D eigenvalue weighted by Gasteiger charge is 2.13. The van der Waals surface area contributed by atoms with E-state index in [1.165, 1.54) is 0 Å². The van der Waals surface area contributed by atoms with Gasteiger partial charge in [-0.1, -0.05) is 27.2 Å². The van der Waals surface area contributed by atoms with E-state index in [1.54, 1.807) is 27.6 Å². The molecule has 5 heteroatoms. The fourth-order valence-electron chi connectivity index (χ4n) is 0.940. The average Bonchev–Trinajstić information content (AvgIpc) is 2.29. The first-order chi connectivity index (χ1) is 7.76. The van der Waals surface area contributed by atoms with E-state index >= 15 is 0 Å². The minimum absolute atomic E-state index is 0.0466. The molecule has 0 aliphatic rings. The van der Waals surface area contributed by atoms with Crippen LogP contribution >= 0.6 is 23.9 Å². The number of hydrogen-bond donors (Lipinski definition) is 1. The van der Waals surface area contributed by atoms with Crippen molar-refractivity contribution in [1.82, 2.24) is 9.03 Å². The summed E-state index contributed by atoms with van der Waals surface area (Å²) in [5.74, 6) is 2.00. The largest absolute Gasteiger partial charge is 0.337 e. The zero-order valence-electron chi connectivity index (χ0n) is 10.6. The van der Waals surface area contributed by atoms with Gasteiger partial charge in [-0.05, 0) is 43.2 Å². The second-order valence-electron chi connectivity index (χ2n) is 3.51. The second kappa shape index (κ2) is 11.5. The summed E-state index contributed by atoms with van der Waals surface area (Å²) < 4.78 is 1.79. The topological polar surface area (TPSA) is 32.3 Å². The van der Waals surface area contributed by atoms with Crippen molar-refractivity contribution in [2.24, 2.45) is 0 Å². The maximum Gasteiger partial charge on any atom is 0.337 e. The number of nitrogens with zero attached hydrogens (tertiary/aromatic N) is 1. The molecule has 0 heterocycles. The van der Waals surface area contributed by atoms with E-state index in [4.69, 9.17) is 0 Å². The van der Waals surface area contributed by atoms with Crippen LogP contribution in [-0.2, 0) is 0 Å². The highest BCUT2D eigenvalue weighted by atomic mass is 32.2.